The molecule has 0 aliphatic rings. The Morgan fingerprint density at radius 3 is 2.35 bits per heavy atom. The standard InChI is InChI=1S/C21H29NO/c1-6-11-17(3)21(22-18(4)7-2)15-14-19(5)23-16-20-12-9-8-10-13-20/h8-15H,6-7,16H2,1-5H3/b17-11+,19-14+,21-15+,22-18?. The van der Waals surface area contributed by atoms with Gasteiger partial charge in [0.15, 0.2) is 0 Å². The lowest BCUT2D eigenvalue weighted by atomic mass is 10.1. The topological polar surface area (TPSA) is 21.6 Å². The number of rotatable bonds is 8. The van der Waals surface area contributed by atoms with E-state index in [1.54, 1.807) is 0 Å². The van der Waals surface area contributed by atoms with Crippen LogP contribution in [0.2, 0.25) is 0 Å². The smallest absolute Gasteiger partial charge is 0.113 e. The van der Waals surface area contributed by atoms with E-state index in [1.165, 1.54) is 11.1 Å². The summed E-state index contributed by atoms with van der Waals surface area (Å²) >= 11 is 0. The van der Waals surface area contributed by atoms with Crippen molar-refractivity contribution in [2.75, 3.05) is 0 Å². The zero-order chi connectivity index (χ0) is 17.1. The molecule has 0 aliphatic heterocycles. The van der Waals surface area contributed by atoms with Crippen molar-refractivity contribution in [3.05, 3.63) is 71.2 Å². The van der Waals surface area contributed by atoms with E-state index >= 15 is 0 Å². The SMILES string of the molecule is CC/C=C(C)/C(=C\C=C(/C)OCc1ccccc1)N=C(C)CC. The lowest BCUT2D eigenvalue weighted by Crippen LogP contribution is -1.92. The molecule has 0 heterocycles. The zero-order valence-corrected chi connectivity index (χ0v) is 15.1. The Bertz CT molecular complexity index is 592. The molecule has 0 aliphatic carbocycles. The van der Waals surface area contributed by atoms with Gasteiger partial charge in [0.05, 0.1) is 11.5 Å². The molecule has 0 atom stereocenters. The molecule has 0 radical (unpaired) electrons. The van der Waals surface area contributed by atoms with Crippen molar-refractivity contribution in [2.45, 2.75) is 54.1 Å². The molecule has 0 fully saturated rings. The summed E-state index contributed by atoms with van der Waals surface area (Å²) in [5.41, 5.74) is 4.52. The van der Waals surface area contributed by atoms with Crippen LogP contribution in [0.3, 0.4) is 0 Å². The molecule has 0 unspecified atom stereocenters. The van der Waals surface area contributed by atoms with Crippen molar-refractivity contribution >= 4 is 5.71 Å². The first-order chi connectivity index (χ1) is 11.1. The van der Waals surface area contributed by atoms with Crippen molar-refractivity contribution < 1.29 is 4.74 Å². The van der Waals surface area contributed by atoms with Crippen LogP contribution in [-0.2, 0) is 11.3 Å². The van der Waals surface area contributed by atoms with Gasteiger partial charge >= 0.3 is 0 Å². The van der Waals surface area contributed by atoms with Crippen LogP contribution in [0.5, 0.6) is 0 Å². The van der Waals surface area contributed by atoms with Gasteiger partial charge in [-0.3, -0.25) is 4.99 Å². The first-order valence-electron chi connectivity index (χ1n) is 8.33. The molecule has 0 bridgehead atoms. The fourth-order valence-electron chi connectivity index (χ4n) is 1.97. The Morgan fingerprint density at radius 2 is 1.74 bits per heavy atom. The van der Waals surface area contributed by atoms with E-state index in [9.17, 15) is 0 Å². The summed E-state index contributed by atoms with van der Waals surface area (Å²) < 4.78 is 5.80. The van der Waals surface area contributed by atoms with Gasteiger partial charge in [-0.25, -0.2) is 0 Å². The second-order valence-electron chi connectivity index (χ2n) is 5.60. The highest BCUT2D eigenvalue weighted by molar-refractivity contribution is 5.83. The Hall–Kier alpha value is -2.09. The van der Waals surface area contributed by atoms with Crippen LogP contribution in [0.4, 0.5) is 0 Å². The Labute approximate surface area is 141 Å². The number of allylic oxidation sites excluding steroid dienone is 5. The van der Waals surface area contributed by atoms with E-state index in [0.29, 0.717) is 6.61 Å². The molecule has 0 N–H and O–H groups in total. The molecular formula is C21H29NO. The lowest BCUT2D eigenvalue weighted by molar-refractivity contribution is 0.201. The summed E-state index contributed by atoms with van der Waals surface area (Å²) in [7, 11) is 0. The molecule has 0 spiro atoms. The van der Waals surface area contributed by atoms with Crippen LogP contribution in [0.1, 0.15) is 53.0 Å². The molecule has 0 saturated carbocycles. The van der Waals surface area contributed by atoms with Crippen LogP contribution in [-0.4, -0.2) is 5.71 Å². The fourth-order valence-corrected chi connectivity index (χ4v) is 1.97. The predicted molar refractivity (Wildman–Crippen MR) is 101 cm³/mol. The summed E-state index contributed by atoms with van der Waals surface area (Å²) in [6, 6.07) is 10.2. The highest BCUT2D eigenvalue weighted by atomic mass is 16.5. The second kappa shape index (κ2) is 10.6. The number of aliphatic imine (C=N–C) groups is 1. The van der Waals surface area contributed by atoms with Crippen LogP contribution >= 0.6 is 0 Å². The van der Waals surface area contributed by atoms with Crippen molar-refractivity contribution in [1.29, 1.82) is 0 Å². The van der Waals surface area contributed by atoms with Gasteiger partial charge in [-0.05, 0) is 56.9 Å². The minimum atomic E-state index is 0.591. The molecule has 2 heteroatoms. The van der Waals surface area contributed by atoms with Crippen LogP contribution in [0, 0.1) is 0 Å². The third-order valence-corrected chi connectivity index (χ3v) is 3.52. The largest absolute Gasteiger partial charge is 0.494 e. The number of hydrogen-bond donors (Lipinski definition) is 0. The minimum absolute atomic E-state index is 0.591. The number of ether oxygens (including phenoxy) is 1. The molecule has 0 saturated heterocycles. The van der Waals surface area contributed by atoms with Crippen molar-refractivity contribution in [3.63, 3.8) is 0 Å². The predicted octanol–water partition coefficient (Wildman–Crippen LogP) is 6.22. The van der Waals surface area contributed by atoms with Crippen molar-refractivity contribution in [1.82, 2.24) is 0 Å². The fraction of sp³-hybridized carbons (Fsp3) is 0.381. The summed E-state index contributed by atoms with van der Waals surface area (Å²) in [5.74, 6) is 0.889. The van der Waals surface area contributed by atoms with Crippen LogP contribution in [0.15, 0.2) is 70.6 Å². The number of nitrogens with zero attached hydrogens (tertiary/aromatic N) is 1. The third kappa shape index (κ3) is 7.64. The molecule has 0 amide bonds. The maximum Gasteiger partial charge on any atom is 0.113 e. The normalized spacial score (nSPS) is 14.1. The van der Waals surface area contributed by atoms with Gasteiger partial charge in [-0.15, -0.1) is 0 Å². The molecule has 2 nitrogen and oxygen atoms in total. The first kappa shape index (κ1) is 19.0. The van der Waals surface area contributed by atoms with E-state index < -0.39 is 0 Å². The first-order valence-corrected chi connectivity index (χ1v) is 8.33. The quantitative estimate of drug-likeness (QED) is 0.317. The van der Waals surface area contributed by atoms with Gasteiger partial charge in [-0.2, -0.15) is 0 Å². The van der Waals surface area contributed by atoms with Crippen LogP contribution in [0.25, 0.3) is 0 Å². The minimum Gasteiger partial charge on any atom is -0.494 e. The van der Waals surface area contributed by atoms with E-state index in [1.807, 2.05) is 37.3 Å². The highest BCUT2D eigenvalue weighted by Crippen LogP contribution is 2.14. The van der Waals surface area contributed by atoms with Gasteiger partial charge in [-0.1, -0.05) is 50.3 Å². The highest BCUT2D eigenvalue weighted by Gasteiger charge is 1.99. The van der Waals surface area contributed by atoms with Crippen LogP contribution < -0.4 is 0 Å². The van der Waals surface area contributed by atoms with Crippen molar-refractivity contribution in [2.24, 2.45) is 4.99 Å². The van der Waals surface area contributed by atoms with Gasteiger partial charge in [0.25, 0.3) is 0 Å². The van der Waals surface area contributed by atoms with Gasteiger partial charge in [0.1, 0.15) is 6.61 Å². The molecule has 124 valence electrons. The average Bonchev–Trinajstić information content (AvgIpc) is 2.57. The second-order valence-corrected chi connectivity index (χ2v) is 5.60. The summed E-state index contributed by atoms with van der Waals surface area (Å²) in [5, 5.41) is 0. The van der Waals surface area contributed by atoms with E-state index in [2.05, 4.69) is 45.9 Å². The summed E-state index contributed by atoms with van der Waals surface area (Å²) in [6.45, 7) is 11.0. The van der Waals surface area contributed by atoms with E-state index in [-0.39, 0.29) is 0 Å². The summed E-state index contributed by atoms with van der Waals surface area (Å²) in [6.07, 6.45) is 8.21. The van der Waals surface area contributed by atoms with E-state index in [4.69, 9.17) is 9.73 Å². The molecular weight excluding hydrogens is 282 g/mol. The third-order valence-electron chi connectivity index (χ3n) is 3.52. The lowest BCUT2D eigenvalue weighted by Gasteiger charge is -2.07. The molecule has 1 aromatic rings. The average molecular weight is 311 g/mol. The Kier molecular flexibility index (Phi) is 8.74. The van der Waals surface area contributed by atoms with Gasteiger partial charge in [0.2, 0.25) is 0 Å². The molecule has 0 aromatic heterocycles. The monoisotopic (exact) mass is 311 g/mol. The molecule has 1 rings (SSSR count). The van der Waals surface area contributed by atoms with E-state index in [0.717, 1.165) is 30.0 Å². The van der Waals surface area contributed by atoms with Gasteiger partial charge in [0, 0.05) is 5.71 Å². The zero-order valence-electron chi connectivity index (χ0n) is 15.1. The number of benzene rings is 1. The summed E-state index contributed by atoms with van der Waals surface area (Å²) in [4.78, 5) is 4.71. The maximum atomic E-state index is 5.80. The van der Waals surface area contributed by atoms with Gasteiger partial charge < -0.3 is 4.74 Å². The maximum absolute atomic E-state index is 5.80. The number of hydrogen-bond acceptors (Lipinski definition) is 2. The Balaban J connectivity index is 2.82. The Morgan fingerprint density at radius 1 is 1.04 bits per heavy atom. The molecule has 1 aromatic carbocycles. The van der Waals surface area contributed by atoms with Crippen molar-refractivity contribution in [3.8, 4) is 0 Å². The molecule has 23 heavy (non-hydrogen) atoms.